The molecule has 2 rings (SSSR count). The summed E-state index contributed by atoms with van der Waals surface area (Å²) in [7, 11) is 0. The molecule has 0 aliphatic carbocycles. The number of hydrogen-bond donors (Lipinski definition) is 1. The van der Waals surface area contributed by atoms with Gasteiger partial charge < -0.3 is 10.2 Å². The summed E-state index contributed by atoms with van der Waals surface area (Å²) in [6.45, 7) is 5.65. The van der Waals surface area contributed by atoms with Gasteiger partial charge in [-0.2, -0.15) is 0 Å². The quantitative estimate of drug-likeness (QED) is 0.924. The molecule has 1 amide bonds. The molecular formula is C14H21ClN2OS. The second kappa shape index (κ2) is 8.46. The van der Waals surface area contributed by atoms with Crippen molar-refractivity contribution in [2.75, 3.05) is 31.9 Å². The van der Waals surface area contributed by atoms with Crippen LogP contribution in [0, 0.1) is 6.92 Å². The Morgan fingerprint density at radius 3 is 2.79 bits per heavy atom. The van der Waals surface area contributed by atoms with E-state index in [4.69, 9.17) is 0 Å². The topological polar surface area (TPSA) is 32.3 Å². The van der Waals surface area contributed by atoms with Crippen LogP contribution in [-0.2, 0) is 10.5 Å². The van der Waals surface area contributed by atoms with Gasteiger partial charge in [0.2, 0.25) is 5.91 Å². The first kappa shape index (κ1) is 16.3. The Morgan fingerprint density at radius 2 is 2.11 bits per heavy atom. The van der Waals surface area contributed by atoms with E-state index < -0.39 is 0 Å². The second-order valence-electron chi connectivity index (χ2n) is 4.61. The van der Waals surface area contributed by atoms with Crippen molar-refractivity contribution in [2.24, 2.45) is 0 Å². The monoisotopic (exact) mass is 300 g/mol. The molecule has 0 unspecified atom stereocenters. The van der Waals surface area contributed by atoms with E-state index in [0.29, 0.717) is 5.75 Å². The molecule has 106 valence electrons. The Hall–Kier alpha value is -0.710. The first-order chi connectivity index (χ1) is 8.75. The number of amides is 1. The zero-order valence-electron chi connectivity index (χ0n) is 11.2. The number of nitrogens with zero attached hydrogens (tertiary/aromatic N) is 1. The summed E-state index contributed by atoms with van der Waals surface area (Å²) in [4.78, 5) is 13.9. The third-order valence-electron chi connectivity index (χ3n) is 3.05. The predicted molar refractivity (Wildman–Crippen MR) is 84.0 cm³/mol. The average Bonchev–Trinajstić information content (AvgIpc) is 2.40. The molecule has 3 nitrogen and oxygen atoms in total. The van der Waals surface area contributed by atoms with Gasteiger partial charge in [-0.05, 0) is 12.5 Å². The molecule has 0 atom stereocenters. The van der Waals surface area contributed by atoms with Crippen LogP contribution >= 0.6 is 24.2 Å². The van der Waals surface area contributed by atoms with Gasteiger partial charge in [-0.3, -0.25) is 4.79 Å². The normalized spacial score (nSPS) is 14.9. The van der Waals surface area contributed by atoms with E-state index in [-0.39, 0.29) is 18.3 Å². The molecule has 0 spiro atoms. The molecule has 0 aromatic heterocycles. The molecule has 1 aliphatic rings. The maximum Gasteiger partial charge on any atom is 0.232 e. The highest BCUT2D eigenvalue weighted by Gasteiger charge is 2.15. The minimum Gasteiger partial charge on any atom is -0.339 e. The molecule has 1 saturated heterocycles. The maximum absolute atomic E-state index is 11.9. The SMILES string of the molecule is Cc1cccc(CSCC(=O)N2CCNCC2)c1.Cl. The number of hydrogen-bond acceptors (Lipinski definition) is 3. The fourth-order valence-electron chi connectivity index (χ4n) is 2.06. The average molecular weight is 301 g/mol. The Balaban J connectivity index is 0.00000180. The van der Waals surface area contributed by atoms with Crippen LogP contribution in [0.25, 0.3) is 0 Å². The molecule has 1 heterocycles. The summed E-state index contributed by atoms with van der Waals surface area (Å²) in [5.41, 5.74) is 2.58. The third-order valence-corrected chi connectivity index (χ3v) is 4.03. The van der Waals surface area contributed by atoms with E-state index in [2.05, 4.69) is 36.5 Å². The number of aryl methyl sites for hydroxylation is 1. The van der Waals surface area contributed by atoms with E-state index in [1.165, 1.54) is 11.1 Å². The van der Waals surface area contributed by atoms with Gasteiger partial charge in [0.25, 0.3) is 0 Å². The summed E-state index contributed by atoms with van der Waals surface area (Å²) < 4.78 is 0. The van der Waals surface area contributed by atoms with Crippen LogP contribution in [0.1, 0.15) is 11.1 Å². The maximum atomic E-state index is 11.9. The van der Waals surface area contributed by atoms with Gasteiger partial charge in [0.15, 0.2) is 0 Å². The Labute approximate surface area is 125 Å². The standard InChI is InChI=1S/C14H20N2OS.ClH/c1-12-3-2-4-13(9-12)10-18-11-14(17)16-7-5-15-6-8-16;/h2-4,9,15H,5-8,10-11H2,1H3;1H. The Bertz CT molecular complexity index is 408. The van der Waals surface area contributed by atoms with Crippen molar-refractivity contribution in [3.05, 3.63) is 35.4 Å². The highest BCUT2D eigenvalue weighted by atomic mass is 35.5. The van der Waals surface area contributed by atoms with Crippen molar-refractivity contribution in [3.8, 4) is 0 Å². The van der Waals surface area contributed by atoms with Crippen LogP contribution in [0.2, 0.25) is 0 Å². The fourth-order valence-corrected chi connectivity index (χ4v) is 2.94. The van der Waals surface area contributed by atoms with Crippen LogP contribution in [0.15, 0.2) is 24.3 Å². The molecule has 0 radical (unpaired) electrons. The summed E-state index contributed by atoms with van der Waals surface area (Å²) >= 11 is 1.71. The first-order valence-electron chi connectivity index (χ1n) is 6.37. The van der Waals surface area contributed by atoms with Gasteiger partial charge >= 0.3 is 0 Å². The zero-order valence-corrected chi connectivity index (χ0v) is 12.9. The van der Waals surface area contributed by atoms with Crippen LogP contribution in [0.4, 0.5) is 0 Å². The van der Waals surface area contributed by atoms with Crippen molar-refractivity contribution in [2.45, 2.75) is 12.7 Å². The highest BCUT2D eigenvalue weighted by molar-refractivity contribution is 7.99. The lowest BCUT2D eigenvalue weighted by atomic mass is 10.2. The molecule has 1 aromatic rings. The van der Waals surface area contributed by atoms with Gasteiger partial charge in [0.1, 0.15) is 0 Å². The molecule has 1 fully saturated rings. The number of benzene rings is 1. The van der Waals surface area contributed by atoms with Crippen molar-refractivity contribution in [3.63, 3.8) is 0 Å². The predicted octanol–water partition coefficient (Wildman–Crippen LogP) is 2.08. The van der Waals surface area contributed by atoms with Gasteiger partial charge in [0, 0.05) is 31.9 Å². The van der Waals surface area contributed by atoms with Gasteiger partial charge in [-0.15, -0.1) is 24.2 Å². The van der Waals surface area contributed by atoms with E-state index >= 15 is 0 Å². The van der Waals surface area contributed by atoms with E-state index in [9.17, 15) is 4.79 Å². The minimum atomic E-state index is 0. The Morgan fingerprint density at radius 1 is 1.37 bits per heavy atom. The summed E-state index contributed by atoms with van der Waals surface area (Å²) in [6.07, 6.45) is 0. The number of piperazine rings is 1. The summed E-state index contributed by atoms with van der Waals surface area (Å²) in [5, 5.41) is 3.26. The number of carbonyl (C=O) groups excluding carboxylic acids is 1. The molecule has 0 saturated carbocycles. The molecule has 19 heavy (non-hydrogen) atoms. The Kier molecular flexibility index (Phi) is 7.28. The number of thioether (sulfide) groups is 1. The van der Waals surface area contributed by atoms with Gasteiger partial charge in [0.05, 0.1) is 5.75 Å². The fraction of sp³-hybridized carbons (Fsp3) is 0.500. The lowest BCUT2D eigenvalue weighted by Crippen LogP contribution is -2.47. The molecular weight excluding hydrogens is 280 g/mol. The lowest BCUT2D eigenvalue weighted by Gasteiger charge is -2.27. The largest absolute Gasteiger partial charge is 0.339 e. The van der Waals surface area contributed by atoms with Crippen molar-refractivity contribution in [1.82, 2.24) is 10.2 Å². The van der Waals surface area contributed by atoms with Gasteiger partial charge in [-0.1, -0.05) is 29.8 Å². The molecule has 1 aliphatic heterocycles. The molecule has 1 aromatic carbocycles. The molecule has 1 N–H and O–H groups in total. The van der Waals surface area contributed by atoms with Crippen LogP contribution in [0.3, 0.4) is 0 Å². The number of rotatable bonds is 4. The summed E-state index contributed by atoms with van der Waals surface area (Å²) in [6, 6.07) is 8.47. The van der Waals surface area contributed by atoms with Crippen LogP contribution < -0.4 is 5.32 Å². The second-order valence-corrected chi connectivity index (χ2v) is 5.60. The van der Waals surface area contributed by atoms with Crippen LogP contribution in [-0.4, -0.2) is 42.7 Å². The smallest absolute Gasteiger partial charge is 0.232 e. The van der Waals surface area contributed by atoms with Crippen molar-refractivity contribution >= 4 is 30.1 Å². The van der Waals surface area contributed by atoms with E-state index in [1.54, 1.807) is 11.8 Å². The highest BCUT2D eigenvalue weighted by Crippen LogP contribution is 2.14. The minimum absolute atomic E-state index is 0. The third kappa shape index (κ3) is 5.43. The molecule has 5 heteroatoms. The van der Waals surface area contributed by atoms with Crippen molar-refractivity contribution in [1.29, 1.82) is 0 Å². The molecule has 0 bridgehead atoms. The van der Waals surface area contributed by atoms with E-state index in [1.807, 2.05) is 4.90 Å². The number of carbonyl (C=O) groups is 1. The van der Waals surface area contributed by atoms with Crippen LogP contribution in [0.5, 0.6) is 0 Å². The summed E-state index contributed by atoms with van der Waals surface area (Å²) in [5.74, 6) is 1.78. The van der Waals surface area contributed by atoms with Gasteiger partial charge in [-0.25, -0.2) is 0 Å². The zero-order chi connectivity index (χ0) is 12.8. The number of nitrogens with one attached hydrogen (secondary N) is 1. The first-order valence-corrected chi connectivity index (χ1v) is 7.53. The van der Waals surface area contributed by atoms with Crippen molar-refractivity contribution < 1.29 is 4.79 Å². The lowest BCUT2D eigenvalue weighted by molar-refractivity contribution is -0.128. The number of halogens is 1. The van der Waals surface area contributed by atoms with E-state index in [0.717, 1.165) is 31.9 Å².